The number of H-pyrrole nitrogens is 1. The number of carbonyl (C=O) groups is 3. The minimum absolute atomic E-state index is 0. The third kappa shape index (κ3) is 7.83. The van der Waals surface area contributed by atoms with E-state index in [0.717, 1.165) is 22.0 Å². The van der Waals surface area contributed by atoms with Crippen LogP contribution in [0.3, 0.4) is 0 Å². The summed E-state index contributed by atoms with van der Waals surface area (Å²) < 4.78 is 0. The Morgan fingerprint density at radius 2 is 1.69 bits per heavy atom. The molecule has 0 spiro atoms. The molecule has 1 saturated heterocycles. The van der Waals surface area contributed by atoms with Crippen LogP contribution in [0.5, 0.6) is 0 Å². The molecule has 3 amide bonds. The summed E-state index contributed by atoms with van der Waals surface area (Å²) in [5, 5.41) is 7.32. The van der Waals surface area contributed by atoms with E-state index >= 15 is 0 Å². The van der Waals surface area contributed by atoms with Crippen molar-refractivity contribution in [2.45, 2.75) is 51.1 Å². The quantitative estimate of drug-likeness (QED) is 0.317. The Hall–Kier alpha value is -3.11. The van der Waals surface area contributed by atoms with Crippen LogP contribution in [0, 0.1) is 5.41 Å². The molecule has 1 aliphatic rings. The highest BCUT2D eigenvalue weighted by Gasteiger charge is 2.46. The molecule has 42 heavy (non-hydrogen) atoms. The highest BCUT2D eigenvalue weighted by atomic mass is 35.5. The van der Waals surface area contributed by atoms with E-state index in [1.54, 1.807) is 35.8 Å². The Bertz CT molecular complexity index is 1360. The number of aromatic amines is 1. The second-order valence-corrected chi connectivity index (χ2v) is 11.8. The van der Waals surface area contributed by atoms with Gasteiger partial charge in [-0.2, -0.15) is 0 Å². The summed E-state index contributed by atoms with van der Waals surface area (Å²) in [6, 6.07) is 17.0. The van der Waals surface area contributed by atoms with Crippen LogP contribution in [0.15, 0.2) is 60.8 Å². The SMILES string of the molecule is CN(C)N(C)C(=O)[C@@]1(Cc2ccccc2)CCCN(C(=O)[C@H](Cc2c[nH]c3ccccc23)NC(=O)C(C)(C)N)C1.Cl.Cl. The molecule has 2 aromatic carbocycles. The predicted molar refractivity (Wildman–Crippen MR) is 172 cm³/mol. The highest BCUT2D eigenvalue weighted by Crippen LogP contribution is 2.36. The largest absolute Gasteiger partial charge is 0.361 e. The van der Waals surface area contributed by atoms with Gasteiger partial charge >= 0.3 is 0 Å². The Morgan fingerprint density at radius 1 is 1.05 bits per heavy atom. The first kappa shape index (κ1) is 35.1. The van der Waals surface area contributed by atoms with Gasteiger partial charge in [-0.05, 0) is 50.3 Å². The molecule has 0 saturated carbocycles. The van der Waals surface area contributed by atoms with Crippen molar-refractivity contribution in [3.63, 3.8) is 0 Å². The molecule has 3 aromatic rings. The average Bonchev–Trinajstić information content (AvgIpc) is 3.34. The third-order valence-corrected chi connectivity index (χ3v) is 7.91. The number of carbonyl (C=O) groups excluding carboxylic acids is 3. The number of nitrogens with zero attached hydrogens (tertiary/aromatic N) is 3. The molecule has 0 aliphatic carbocycles. The predicted octanol–water partition coefficient (Wildman–Crippen LogP) is 3.56. The first-order valence-electron chi connectivity index (χ1n) is 13.8. The first-order chi connectivity index (χ1) is 18.9. The molecule has 11 heteroatoms. The zero-order chi connectivity index (χ0) is 29.1. The highest BCUT2D eigenvalue weighted by molar-refractivity contribution is 5.93. The number of fused-ring (bicyclic) bond motifs is 1. The number of aromatic nitrogens is 1. The molecule has 230 valence electrons. The summed E-state index contributed by atoms with van der Waals surface area (Å²) in [6.45, 7) is 4.03. The minimum atomic E-state index is -1.15. The number of likely N-dealkylation sites (tertiary alicyclic amines) is 1. The Morgan fingerprint density at radius 3 is 2.33 bits per heavy atom. The molecule has 0 bridgehead atoms. The smallest absolute Gasteiger partial charge is 0.245 e. The number of benzene rings is 2. The molecule has 2 atom stereocenters. The standard InChI is InChI=1S/C31H42N6O3.2ClH/c1-30(2,32)28(39)34-26(18-23-20-33-25-15-10-9-14-24(23)25)27(38)37-17-11-16-31(21-37,29(40)36(5)35(3)4)19-22-12-7-6-8-13-22;;/h6-10,12-15,20,26,33H,11,16-19,21,32H2,1-5H3,(H,34,39);2*1H/t26-,31+;;/m0../s1. The monoisotopic (exact) mass is 618 g/mol. The van der Waals surface area contributed by atoms with E-state index in [1.807, 2.05) is 74.9 Å². The molecule has 2 heterocycles. The molecule has 1 aromatic heterocycles. The molecular formula is C31H44Cl2N6O3. The number of amides is 3. The number of hydrazine groups is 1. The van der Waals surface area contributed by atoms with Gasteiger partial charge in [-0.3, -0.25) is 19.4 Å². The third-order valence-electron chi connectivity index (χ3n) is 7.91. The fraction of sp³-hybridized carbons (Fsp3) is 0.452. The first-order valence-corrected chi connectivity index (χ1v) is 13.8. The fourth-order valence-electron chi connectivity index (χ4n) is 5.51. The van der Waals surface area contributed by atoms with Crippen LogP contribution in [0.25, 0.3) is 10.9 Å². The number of hydrogen-bond donors (Lipinski definition) is 3. The van der Waals surface area contributed by atoms with Crippen molar-refractivity contribution in [3.05, 3.63) is 71.9 Å². The maximum atomic E-state index is 14.2. The molecule has 0 unspecified atom stereocenters. The van der Waals surface area contributed by atoms with Crippen molar-refractivity contribution < 1.29 is 14.4 Å². The van der Waals surface area contributed by atoms with Crippen LogP contribution in [-0.2, 0) is 27.2 Å². The lowest BCUT2D eigenvalue weighted by molar-refractivity contribution is -0.159. The second-order valence-electron chi connectivity index (χ2n) is 11.8. The number of hydrogen-bond acceptors (Lipinski definition) is 5. The van der Waals surface area contributed by atoms with Crippen molar-refractivity contribution in [2.24, 2.45) is 11.1 Å². The zero-order valence-corrected chi connectivity index (χ0v) is 26.7. The topological polar surface area (TPSA) is 115 Å². The summed E-state index contributed by atoms with van der Waals surface area (Å²) in [6.07, 6.45) is 4.05. The number of nitrogens with two attached hydrogens (primary N) is 1. The molecular weight excluding hydrogens is 575 g/mol. The van der Waals surface area contributed by atoms with Gasteiger partial charge in [0.25, 0.3) is 0 Å². The summed E-state index contributed by atoms with van der Waals surface area (Å²) in [7, 11) is 5.43. The van der Waals surface area contributed by atoms with Crippen molar-refractivity contribution in [1.82, 2.24) is 25.2 Å². The van der Waals surface area contributed by atoms with E-state index in [4.69, 9.17) is 5.73 Å². The van der Waals surface area contributed by atoms with Crippen LogP contribution >= 0.6 is 24.8 Å². The molecule has 4 N–H and O–H groups in total. The van der Waals surface area contributed by atoms with Crippen LogP contribution in [0.2, 0.25) is 0 Å². The maximum absolute atomic E-state index is 14.2. The molecule has 1 aliphatic heterocycles. The van der Waals surface area contributed by atoms with E-state index in [9.17, 15) is 14.4 Å². The second kappa shape index (κ2) is 14.4. The lowest BCUT2D eigenvalue weighted by Crippen LogP contribution is -2.61. The van der Waals surface area contributed by atoms with E-state index in [-0.39, 0.29) is 43.2 Å². The molecule has 4 rings (SSSR count). The zero-order valence-electron chi connectivity index (χ0n) is 25.1. The summed E-state index contributed by atoms with van der Waals surface area (Å²) in [5.41, 5.74) is 7.10. The van der Waals surface area contributed by atoms with E-state index in [2.05, 4.69) is 10.3 Å². The maximum Gasteiger partial charge on any atom is 0.245 e. The van der Waals surface area contributed by atoms with Crippen molar-refractivity contribution in [3.8, 4) is 0 Å². The lowest BCUT2D eigenvalue weighted by atomic mass is 9.74. The molecule has 1 fully saturated rings. The van der Waals surface area contributed by atoms with E-state index in [1.165, 1.54) is 0 Å². The van der Waals surface area contributed by atoms with Gasteiger partial charge in [-0.25, -0.2) is 5.01 Å². The number of nitrogens with one attached hydrogen (secondary N) is 2. The van der Waals surface area contributed by atoms with Crippen LogP contribution in [-0.4, -0.2) is 83.4 Å². The summed E-state index contributed by atoms with van der Waals surface area (Å²) in [5.74, 6) is -0.638. The number of piperidine rings is 1. The van der Waals surface area contributed by atoms with Gasteiger partial charge in [-0.15, -0.1) is 24.8 Å². The van der Waals surface area contributed by atoms with Gasteiger partial charge in [0, 0.05) is 57.8 Å². The Balaban J connectivity index is 0.00000308. The van der Waals surface area contributed by atoms with E-state index in [0.29, 0.717) is 32.2 Å². The summed E-state index contributed by atoms with van der Waals surface area (Å²) in [4.78, 5) is 46.2. The van der Waals surface area contributed by atoms with Gasteiger partial charge in [-0.1, -0.05) is 48.5 Å². The van der Waals surface area contributed by atoms with Crippen LogP contribution in [0.4, 0.5) is 0 Å². The van der Waals surface area contributed by atoms with Crippen LogP contribution in [0.1, 0.15) is 37.8 Å². The normalized spacial score (nSPS) is 17.6. The minimum Gasteiger partial charge on any atom is -0.361 e. The Kier molecular flexibility index (Phi) is 12.0. The van der Waals surface area contributed by atoms with Gasteiger partial charge in [0.15, 0.2) is 0 Å². The number of halogens is 2. The van der Waals surface area contributed by atoms with Crippen molar-refractivity contribution >= 4 is 53.4 Å². The van der Waals surface area contributed by atoms with Gasteiger partial charge in [0.1, 0.15) is 6.04 Å². The van der Waals surface area contributed by atoms with Gasteiger partial charge < -0.3 is 20.9 Å². The van der Waals surface area contributed by atoms with Crippen molar-refractivity contribution in [2.75, 3.05) is 34.2 Å². The van der Waals surface area contributed by atoms with E-state index < -0.39 is 22.9 Å². The van der Waals surface area contributed by atoms with Gasteiger partial charge in [0.2, 0.25) is 17.7 Å². The average molecular weight is 620 g/mol. The molecule has 9 nitrogen and oxygen atoms in total. The van der Waals surface area contributed by atoms with Crippen molar-refractivity contribution in [1.29, 1.82) is 0 Å². The number of para-hydroxylation sites is 1. The molecule has 0 radical (unpaired) electrons. The Labute approximate surface area is 261 Å². The van der Waals surface area contributed by atoms with Gasteiger partial charge in [0.05, 0.1) is 11.0 Å². The summed E-state index contributed by atoms with van der Waals surface area (Å²) >= 11 is 0. The lowest BCUT2D eigenvalue weighted by Gasteiger charge is -2.45. The number of rotatable bonds is 9. The van der Waals surface area contributed by atoms with Crippen LogP contribution < -0.4 is 11.1 Å². The fourth-order valence-corrected chi connectivity index (χ4v) is 5.51.